The van der Waals surface area contributed by atoms with Crippen molar-refractivity contribution in [2.24, 2.45) is 0 Å². The van der Waals surface area contributed by atoms with Crippen LogP contribution < -0.4 is 9.47 Å². The predicted octanol–water partition coefficient (Wildman–Crippen LogP) is 9.75. The molecule has 1 aliphatic carbocycles. The Morgan fingerprint density at radius 3 is 1.63 bits per heavy atom. The van der Waals surface area contributed by atoms with Gasteiger partial charge in [0, 0.05) is 23.8 Å². The first-order valence-electron chi connectivity index (χ1n) is 15.9. The van der Waals surface area contributed by atoms with Crippen LogP contribution >= 0.6 is 0 Å². The Bertz CT molecular complexity index is 1650. The van der Waals surface area contributed by atoms with Crippen LogP contribution in [-0.2, 0) is 30.0 Å². The molecule has 0 aromatic heterocycles. The summed E-state index contributed by atoms with van der Waals surface area (Å²) in [5.74, 6) is 0.562. The number of terminal acetylenes is 1. The summed E-state index contributed by atoms with van der Waals surface area (Å²) in [6, 6.07) is 23.3. The highest BCUT2D eigenvalue weighted by Crippen LogP contribution is 2.42. The number of hydrogen-bond acceptors (Lipinski definition) is 6. The summed E-state index contributed by atoms with van der Waals surface area (Å²) in [5, 5.41) is 0. The fraction of sp³-hybridized carbons (Fsp3) is 0.233. The van der Waals surface area contributed by atoms with Gasteiger partial charge in [-0.15, -0.1) is 19.4 Å². The number of benzene rings is 3. The van der Waals surface area contributed by atoms with Crippen molar-refractivity contribution in [1.82, 2.24) is 0 Å². The van der Waals surface area contributed by atoms with Crippen LogP contribution in [0.2, 0.25) is 0 Å². The maximum absolute atomic E-state index is 11.7. The highest BCUT2D eigenvalue weighted by Gasteiger charge is 2.32. The first-order chi connectivity index (χ1) is 23.5. The van der Waals surface area contributed by atoms with Gasteiger partial charge in [0.05, 0.1) is 0 Å². The number of allylic oxidation sites excluding steroid dienone is 6. The van der Waals surface area contributed by atoms with E-state index in [0.29, 0.717) is 30.2 Å². The van der Waals surface area contributed by atoms with Gasteiger partial charge >= 0.3 is 11.9 Å². The summed E-state index contributed by atoms with van der Waals surface area (Å²) in [4.78, 5) is 33.9. The van der Waals surface area contributed by atoms with Gasteiger partial charge in [0.1, 0.15) is 17.3 Å². The number of rotatable bonds is 10. The quantitative estimate of drug-likeness (QED) is 0.0410. The summed E-state index contributed by atoms with van der Waals surface area (Å²) < 4.78 is 15.6. The van der Waals surface area contributed by atoms with Crippen molar-refractivity contribution in [2.75, 3.05) is 0 Å². The number of ether oxygens (including phenoxy) is 3. The van der Waals surface area contributed by atoms with Crippen LogP contribution in [0, 0.1) is 12.8 Å². The van der Waals surface area contributed by atoms with Crippen molar-refractivity contribution in [3.05, 3.63) is 156 Å². The molecule has 6 heteroatoms. The van der Waals surface area contributed by atoms with Gasteiger partial charge in [0.2, 0.25) is 0 Å². The van der Waals surface area contributed by atoms with Crippen molar-refractivity contribution in [3.8, 4) is 24.3 Å². The van der Waals surface area contributed by atoms with Gasteiger partial charge < -0.3 is 14.2 Å². The molecule has 0 radical (unpaired) electrons. The van der Waals surface area contributed by atoms with Gasteiger partial charge in [-0.1, -0.05) is 101 Å². The van der Waals surface area contributed by atoms with Gasteiger partial charge in [0.15, 0.2) is 0 Å². The maximum atomic E-state index is 11.7. The lowest BCUT2D eigenvalue weighted by Crippen LogP contribution is -2.26. The topological polar surface area (TPSA) is 78.9 Å². The van der Waals surface area contributed by atoms with E-state index in [1.54, 1.807) is 30.3 Å². The Balaban J connectivity index is 0.00000160. The van der Waals surface area contributed by atoms with Gasteiger partial charge in [-0.25, -0.2) is 4.79 Å². The zero-order chi connectivity index (χ0) is 37.0. The molecule has 0 N–H and O–H groups in total. The van der Waals surface area contributed by atoms with E-state index >= 15 is 0 Å². The van der Waals surface area contributed by atoms with Crippen LogP contribution in [0.4, 0.5) is 0 Å². The van der Waals surface area contributed by atoms with E-state index in [9.17, 15) is 14.4 Å². The predicted molar refractivity (Wildman–Crippen MR) is 199 cm³/mol. The number of carbonyl (C=O) groups excluding carboxylic acids is 3. The van der Waals surface area contributed by atoms with Gasteiger partial charge in [-0.3, -0.25) is 9.59 Å². The van der Waals surface area contributed by atoms with Crippen LogP contribution in [0.5, 0.6) is 11.5 Å². The molecule has 1 atom stereocenters. The monoisotopic (exact) mass is 660 g/mol. The summed E-state index contributed by atoms with van der Waals surface area (Å²) in [7, 11) is 0. The minimum absolute atomic E-state index is 0.310. The fourth-order valence-electron chi connectivity index (χ4n) is 5.14. The Labute approximate surface area is 292 Å². The fourth-order valence-corrected chi connectivity index (χ4v) is 5.14. The molecule has 0 fully saturated rings. The summed E-state index contributed by atoms with van der Waals surface area (Å²) in [6.07, 6.45) is 19.4. The van der Waals surface area contributed by atoms with Crippen LogP contribution in [0.3, 0.4) is 0 Å². The second kappa shape index (κ2) is 20.5. The molecule has 0 saturated carbocycles. The van der Waals surface area contributed by atoms with Crippen LogP contribution in [-0.4, -0.2) is 18.4 Å². The van der Waals surface area contributed by atoms with Crippen molar-refractivity contribution < 1.29 is 28.6 Å². The van der Waals surface area contributed by atoms with Crippen molar-refractivity contribution in [1.29, 1.82) is 0 Å². The van der Waals surface area contributed by atoms with E-state index in [4.69, 9.17) is 14.2 Å². The highest BCUT2D eigenvalue weighted by atomic mass is 16.5. The molecule has 0 amide bonds. The molecule has 6 nitrogen and oxygen atoms in total. The van der Waals surface area contributed by atoms with E-state index < -0.39 is 11.4 Å². The molecular weight excluding hydrogens is 612 g/mol. The lowest BCUT2D eigenvalue weighted by atomic mass is 9.70. The zero-order valence-electron chi connectivity index (χ0n) is 29.7. The second-order valence-electron chi connectivity index (χ2n) is 11.1. The standard InChI is InChI=1S/C36H34O6.C3H6.C2H6.C2H2/c1-6-34(39)42-33-22-17-30(18-23-33)36(5,29-15-19-31(20-16-29)40-24-37)28-12-10-27(11-13-28)35(3,4)26-8-7-9-32(21-14-26)41-25(2)38;1-3-2;2*1-2/h6,8-24H,1,7H2,2-5H3;3H,1H2,2H3;1-2H3;1-2H. The Morgan fingerprint density at radius 1 is 0.735 bits per heavy atom. The molecule has 49 heavy (non-hydrogen) atoms. The number of carbonyl (C=O) groups is 3. The molecule has 0 heterocycles. The van der Waals surface area contributed by atoms with E-state index in [2.05, 4.69) is 77.1 Å². The molecule has 1 aliphatic rings. The molecule has 0 saturated heterocycles. The van der Waals surface area contributed by atoms with Crippen LogP contribution in [0.1, 0.15) is 77.1 Å². The lowest BCUT2D eigenvalue weighted by molar-refractivity contribution is -0.136. The molecule has 1 unspecified atom stereocenters. The normalized spacial score (nSPS) is 12.8. The molecular formula is C43H48O6. The number of esters is 2. The zero-order valence-corrected chi connectivity index (χ0v) is 29.7. The van der Waals surface area contributed by atoms with Gasteiger partial charge in [0.25, 0.3) is 6.47 Å². The summed E-state index contributed by atoms with van der Waals surface area (Å²) >= 11 is 0. The van der Waals surface area contributed by atoms with E-state index in [1.165, 1.54) is 6.92 Å². The summed E-state index contributed by atoms with van der Waals surface area (Å²) in [5.41, 5.74) is 4.36. The van der Waals surface area contributed by atoms with Crippen LogP contribution in [0.25, 0.3) is 0 Å². The molecule has 4 rings (SSSR count). The molecule has 3 aromatic carbocycles. The minimum atomic E-state index is -0.590. The van der Waals surface area contributed by atoms with Crippen LogP contribution in [0.15, 0.2) is 134 Å². The third-order valence-corrected chi connectivity index (χ3v) is 7.68. The average Bonchev–Trinajstić information content (AvgIpc) is 3.36. The first-order valence-corrected chi connectivity index (χ1v) is 15.9. The first kappa shape index (κ1) is 41.4. The average molecular weight is 661 g/mol. The smallest absolute Gasteiger partial charge is 0.335 e. The van der Waals surface area contributed by atoms with Crippen molar-refractivity contribution >= 4 is 18.4 Å². The van der Waals surface area contributed by atoms with E-state index in [0.717, 1.165) is 33.9 Å². The van der Waals surface area contributed by atoms with Crippen molar-refractivity contribution in [2.45, 2.75) is 65.7 Å². The number of hydrogen-bond donors (Lipinski definition) is 0. The molecule has 3 aromatic rings. The Hall–Kier alpha value is -5.67. The van der Waals surface area contributed by atoms with E-state index in [-0.39, 0.29) is 11.4 Å². The maximum Gasteiger partial charge on any atom is 0.335 e. The minimum Gasteiger partial charge on any atom is -0.429 e. The third-order valence-electron chi connectivity index (χ3n) is 7.68. The third kappa shape index (κ3) is 11.2. The van der Waals surface area contributed by atoms with Crippen molar-refractivity contribution in [3.63, 3.8) is 0 Å². The Morgan fingerprint density at radius 2 is 1.18 bits per heavy atom. The highest BCUT2D eigenvalue weighted by molar-refractivity contribution is 5.83. The molecule has 0 bridgehead atoms. The summed E-state index contributed by atoms with van der Waals surface area (Å²) in [6.45, 7) is 21.0. The molecule has 0 spiro atoms. The largest absolute Gasteiger partial charge is 0.429 e. The lowest BCUT2D eigenvalue weighted by Gasteiger charge is -2.33. The Kier molecular flexibility index (Phi) is 17.3. The molecule has 256 valence electrons. The van der Waals surface area contributed by atoms with Gasteiger partial charge in [-0.05, 0) is 84.5 Å². The van der Waals surface area contributed by atoms with E-state index in [1.807, 2.05) is 63.3 Å². The molecule has 0 aliphatic heterocycles. The SMILES string of the molecule is C#C.C=CC.C=CC(=O)Oc1ccc(C(C)(c2ccc(OC=O)cc2)c2ccc(C(C)(C)C3=CCC=C(OC(C)=O)C=C3)cc2)cc1.CC. The van der Waals surface area contributed by atoms with Gasteiger partial charge in [-0.2, -0.15) is 0 Å². The second-order valence-corrected chi connectivity index (χ2v) is 11.1.